The molecule has 0 bridgehead atoms. The fourth-order valence-electron chi connectivity index (χ4n) is 2.55. The minimum Gasteiger partial charge on any atom is -0.343 e. The van der Waals surface area contributed by atoms with E-state index < -0.39 is 0 Å². The molecule has 4 nitrogen and oxygen atoms in total. The van der Waals surface area contributed by atoms with Crippen LogP contribution in [-0.2, 0) is 0 Å². The van der Waals surface area contributed by atoms with Crippen molar-refractivity contribution < 1.29 is 0 Å². The molecule has 0 radical (unpaired) electrons. The highest BCUT2D eigenvalue weighted by atomic mass is 15.3. The van der Waals surface area contributed by atoms with Gasteiger partial charge in [0.2, 0.25) is 0 Å². The molecule has 22 heavy (non-hydrogen) atoms. The molecule has 1 saturated heterocycles. The Balaban J connectivity index is 2.00. The third-order valence-electron chi connectivity index (χ3n) is 4.28. The number of rotatable bonds is 5. The van der Waals surface area contributed by atoms with Crippen molar-refractivity contribution in [2.75, 3.05) is 38.5 Å². The highest BCUT2D eigenvalue weighted by molar-refractivity contribution is 5.93. The number of anilines is 1. The second-order valence-corrected chi connectivity index (χ2v) is 6.32. The van der Waals surface area contributed by atoms with E-state index >= 15 is 0 Å². The van der Waals surface area contributed by atoms with Crippen molar-refractivity contribution in [2.24, 2.45) is 4.99 Å². The highest BCUT2D eigenvalue weighted by Crippen LogP contribution is 2.12. The largest absolute Gasteiger partial charge is 0.343 e. The Kier molecular flexibility index (Phi) is 6.72. The van der Waals surface area contributed by atoms with Crippen LogP contribution in [0.2, 0.25) is 0 Å². The van der Waals surface area contributed by atoms with E-state index in [-0.39, 0.29) is 0 Å². The predicted octanol–water partition coefficient (Wildman–Crippen LogP) is 3.28. The number of hydrogen-bond donors (Lipinski definition) is 1. The van der Waals surface area contributed by atoms with E-state index in [9.17, 15) is 0 Å². The fraction of sp³-hybridized carbons (Fsp3) is 0.611. The van der Waals surface area contributed by atoms with Gasteiger partial charge in [-0.2, -0.15) is 0 Å². The van der Waals surface area contributed by atoms with Gasteiger partial charge in [0.25, 0.3) is 0 Å². The molecule has 1 aromatic carbocycles. The zero-order valence-electron chi connectivity index (χ0n) is 14.3. The summed E-state index contributed by atoms with van der Waals surface area (Å²) in [7, 11) is 2.16. The molecule has 4 heteroatoms. The van der Waals surface area contributed by atoms with Crippen LogP contribution in [0, 0.1) is 0 Å². The molecule has 1 fully saturated rings. The van der Waals surface area contributed by atoms with Crippen molar-refractivity contribution >= 4 is 11.6 Å². The van der Waals surface area contributed by atoms with Crippen molar-refractivity contribution in [3.63, 3.8) is 0 Å². The van der Waals surface area contributed by atoms with Crippen LogP contribution < -0.4 is 5.32 Å². The van der Waals surface area contributed by atoms with E-state index in [4.69, 9.17) is 4.99 Å². The number of nitrogens with zero attached hydrogens (tertiary/aromatic N) is 3. The van der Waals surface area contributed by atoms with Crippen LogP contribution in [0.5, 0.6) is 0 Å². The first kappa shape index (κ1) is 16.8. The molecule has 1 heterocycles. The van der Waals surface area contributed by atoms with Crippen LogP contribution in [0.4, 0.5) is 5.69 Å². The number of aliphatic imine (C=N–C) groups is 1. The molecule has 0 amide bonds. The Labute approximate surface area is 135 Å². The summed E-state index contributed by atoms with van der Waals surface area (Å²) in [5.41, 5.74) is 1.11. The van der Waals surface area contributed by atoms with Gasteiger partial charge in [0, 0.05) is 31.4 Å². The highest BCUT2D eigenvalue weighted by Gasteiger charge is 2.15. The van der Waals surface area contributed by atoms with Crippen LogP contribution in [-0.4, -0.2) is 55.0 Å². The smallest absolute Gasteiger partial charge is 0.198 e. The van der Waals surface area contributed by atoms with Gasteiger partial charge in [-0.15, -0.1) is 0 Å². The Morgan fingerprint density at radius 1 is 1.18 bits per heavy atom. The Bertz CT molecular complexity index is 449. The molecule has 2 rings (SSSR count). The first-order valence-electron chi connectivity index (χ1n) is 8.48. The Hall–Kier alpha value is -1.55. The van der Waals surface area contributed by atoms with Gasteiger partial charge in [0.15, 0.2) is 5.96 Å². The summed E-state index contributed by atoms with van der Waals surface area (Å²) in [6, 6.07) is 10.9. The lowest BCUT2D eigenvalue weighted by Gasteiger charge is -2.30. The molecule has 0 unspecified atom stereocenters. The average Bonchev–Trinajstić information content (AvgIpc) is 2.55. The molecule has 0 atom stereocenters. The minimum absolute atomic E-state index is 0.565. The van der Waals surface area contributed by atoms with Crippen molar-refractivity contribution in [1.29, 1.82) is 0 Å². The SMILES string of the molecule is CC(C)N(C)CCN=C(Nc1ccccc1)N1CCCCC1. The molecule has 122 valence electrons. The number of para-hydroxylation sites is 1. The van der Waals surface area contributed by atoms with Crippen LogP contribution in [0.15, 0.2) is 35.3 Å². The van der Waals surface area contributed by atoms with E-state index in [1.54, 1.807) is 0 Å². The van der Waals surface area contributed by atoms with E-state index in [2.05, 4.69) is 60.3 Å². The summed E-state index contributed by atoms with van der Waals surface area (Å²) in [5, 5.41) is 3.51. The predicted molar refractivity (Wildman–Crippen MR) is 95.6 cm³/mol. The first-order valence-corrected chi connectivity index (χ1v) is 8.48. The Morgan fingerprint density at radius 3 is 2.50 bits per heavy atom. The summed E-state index contributed by atoms with van der Waals surface area (Å²) >= 11 is 0. The van der Waals surface area contributed by atoms with Gasteiger partial charge in [0.05, 0.1) is 6.54 Å². The molecule has 0 spiro atoms. The second kappa shape index (κ2) is 8.79. The summed E-state index contributed by atoms with van der Waals surface area (Å²) in [6.07, 6.45) is 3.87. The average molecular weight is 302 g/mol. The van der Waals surface area contributed by atoms with Crippen LogP contribution in [0.1, 0.15) is 33.1 Å². The molecule has 1 aliphatic heterocycles. The zero-order valence-corrected chi connectivity index (χ0v) is 14.3. The lowest BCUT2D eigenvalue weighted by Crippen LogP contribution is -2.40. The lowest BCUT2D eigenvalue weighted by atomic mass is 10.1. The standard InChI is InChI=1S/C18H30N4/c1-16(2)21(3)15-12-19-18(22-13-8-5-9-14-22)20-17-10-6-4-7-11-17/h4,6-7,10-11,16H,5,8-9,12-15H2,1-3H3,(H,19,20). The van der Waals surface area contributed by atoms with Crippen molar-refractivity contribution in [2.45, 2.75) is 39.2 Å². The van der Waals surface area contributed by atoms with Crippen molar-refractivity contribution in [3.05, 3.63) is 30.3 Å². The van der Waals surface area contributed by atoms with Gasteiger partial charge in [-0.1, -0.05) is 18.2 Å². The number of likely N-dealkylation sites (tertiary alicyclic amines) is 1. The van der Waals surface area contributed by atoms with Crippen LogP contribution in [0.25, 0.3) is 0 Å². The third kappa shape index (κ3) is 5.34. The van der Waals surface area contributed by atoms with Crippen LogP contribution in [0.3, 0.4) is 0 Å². The molecule has 0 saturated carbocycles. The normalized spacial score (nSPS) is 16.4. The minimum atomic E-state index is 0.565. The molecule has 1 aromatic rings. The number of guanidine groups is 1. The maximum Gasteiger partial charge on any atom is 0.198 e. The van der Waals surface area contributed by atoms with Gasteiger partial charge in [-0.3, -0.25) is 4.99 Å². The number of nitrogens with one attached hydrogen (secondary N) is 1. The van der Waals surface area contributed by atoms with Gasteiger partial charge >= 0.3 is 0 Å². The van der Waals surface area contributed by atoms with Gasteiger partial charge < -0.3 is 15.1 Å². The molecular weight excluding hydrogens is 272 g/mol. The number of likely N-dealkylation sites (N-methyl/N-ethyl adjacent to an activating group) is 1. The topological polar surface area (TPSA) is 30.9 Å². The molecule has 0 aromatic heterocycles. The number of hydrogen-bond acceptors (Lipinski definition) is 2. The number of benzene rings is 1. The summed E-state index contributed by atoms with van der Waals surface area (Å²) in [5.74, 6) is 1.03. The maximum absolute atomic E-state index is 4.85. The van der Waals surface area contributed by atoms with Gasteiger partial charge in [-0.25, -0.2) is 0 Å². The lowest BCUT2D eigenvalue weighted by molar-refractivity contribution is 0.281. The summed E-state index contributed by atoms with van der Waals surface area (Å²) < 4.78 is 0. The summed E-state index contributed by atoms with van der Waals surface area (Å²) in [4.78, 5) is 9.58. The molecule has 1 aliphatic rings. The molecule has 0 aliphatic carbocycles. The second-order valence-electron chi connectivity index (χ2n) is 6.32. The van der Waals surface area contributed by atoms with Crippen molar-refractivity contribution in [3.8, 4) is 0 Å². The molecular formula is C18H30N4. The third-order valence-corrected chi connectivity index (χ3v) is 4.28. The Morgan fingerprint density at radius 2 is 1.86 bits per heavy atom. The monoisotopic (exact) mass is 302 g/mol. The molecule has 1 N–H and O–H groups in total. The zero-order chi connectivity index (χ0) is 15.8. The maximum atomic E-state index is 4.85. The van der Waals surface area contributed by atoms with Gasteiger partial charge in [-0.05, 0) is 52.3 Å². The van der Waals surface area contributed by atoms with Crippen LogP contribution >= 0.6 is 0 Å². The van der Waals surface area contributed by atoms with Crippen molar-refractivity contribution in [1.82, 2.24) is 9.80 Å². The van der Waals surface area contributed by atoms with E-state index in [0.717, 1.165) is 37.8 Å². The quantitative estimate of drug-likeness (QED) is 0.669. The fourth-order valence-corrected chi connectivity index (χ4v) is 2.55. The number of piperidine rings is 1. The van der Waals surface area contributed by atoms with Gasteiger partial charge in [0.1, 0.15) is 0 Å². The first-order chi connectivity index (χ1) is 10.7. The van der Waals surface area contributed by atoms with E-state index in [1.807, 2.05) is 6.07 Å². The van der Waals surface area contributed by atoms with E-state index in [1.165, 1.54) is 19.3 Å². The van der Waals surface area contributed by atoms with E-state index in [0.29, 0.717) is 6.04 Å². The summed E-state index contributed by atoms with van der Waals surface area (Å²) in [6.45, 7) is 8.48.